The standard InChI is InChI=1S/C28H26ClN5O3/c1-17-4-2-3-5-22(17)27(36)34-13-12-18(16-34)26(35)31-20-7-9-21(10-8-20)32-28(37)33-25-15-30-24-11-6-19(29)14-23(24)25/h2-11,14-15,18,30H,12-13,16H2,1H3,(H,31,35)(H2,32,33,37). The summed E-state index contributed by atoms with van der Waals surface area (Å²) in [6.45, 7) is 2.84. The lowest BCUT2D eigenvalue weighted by Crippen LogP contribution is -2.31. The van der Waals surface area contributed by atoms with Gasteiger partial charge in [-0.3, -0.25) is 9.59 Å². The normalized spacial score (nSPS) is 15.0. The molecule has 9 heteroatoms. The Bertz CT molecular complexity index is 1480. The number of fused-ring (bicyclic) bond motifs is 1. The van der Waals surface area contributed by atoms with Gasteiger partial charge in [-0.2, -0.15) is 0 Å². The number of aryl methyl sites for hydroxylation is 1. The molecule has 0 aliphatic carbocycles. The lowest BCUT2D eigenvalue weighted by atomic mass is 10.1. The molecule has 4 amide bonds. The van der Waals surface area contributed by atoms with Gasteiger partial charge < -0.3 is 25.8 Å². The minimum absolute atomic E-state index is 0.0437. The van der Waals surface area contributed by atoms with Crippen molar-refractivity contribution in [3.8, 4) is 0 Å². The van der Waals surface area contributed by atoms with Crippen LogP contribution in [0.3, 0.4) is 0 Å². The summed E-state index contributed by atoms with van der Waals surface area (Å²) in [5.74, 6) is -0.449. The number of halogens is 1. The van der Waals surface area contributed by atoms with Crippen LogP contribution >= 0.6 is 11.6 Å². The number of nitrogens with zero attached hydrogens (tertiary/aromatic N) is 1. The molecule has 8 nitrogen and oxygen atoms in total. The Labute approximate surface area is 219 Å². The number of anilines is 3. The van der Waals surface area contributed by atoms with Gasteiger partial charge in [-0.15, -0.1) is 0 Å². The summed E-state index contributed by atoms with van der Waals surface area (Å²) in [4.78, 5) is 43.0. The van der Waals surface area contributed by atoms with E-state index < -0.39 is 6.03 Å². The molecule has 1 aliphatic heterocycles. The maximum Gasteiger partial charge on any atom is 0.323 e. The second-order valence-electron chi connectivity index (χ2n) is 9.09. The number of hydrogen-bond donors (Lipinski definition) is 4. The van der Waals surface area contributed by atoms with E-state index in [1.54, 1.807) is 47.5 Å². The highest BCUT2D eigenvalue weighted by Crippen LogP contribution is 2.27. The molecule has 1 aliphatic rings. The van der Waals surface area contributed by atoms with E-state index in [-0.39, 0.29) is 17.7 Å². The van der Waals surface area contributed by atoms with E-state index in [1.807, 2.05) is 37.3 Å². The highest BCUT2D eigenvalue weighted by Gasteiger charge is 2.32. The number of aromatic amines is 1. The number of rotatable bonds is 5. The number of carbonyl (C=O) groups is 3. The van der Waals surface area contributed by atoms with Gasteiger partial charge in [0, 0.05) is 52.2 Å². The number of aromatic nitrogens is 1. The third-order valence-electron chi connectivity index (χ3n) is 6.52. The molecule has 0 radical (unpaired) electrons. The van der Waals surface area contributed by atoms with Crippen LogP contribution in [0.15, 0.2) is 72.9 Å². The summed E-state index contributed by atoms with van der Waals surface area (Å²) in [6, 6.07) is 19.4. The number of carbonyl (C=O) groups excluding carboxylic acids is 3. The number of nitrogens with one attached hydrogen (secondary N) is 4. The molecule has 5 rings (SSSR count). The van der Waals surface area contributed by atoms with Crippen molar-refractivity contribution in [3.63, 3.8) is 0 Å². The zero-order valence-electron chi connectivity index (χ0n) is 20.2. The lowest BCUT2D eigenvalue weighted by molar-refractivity contribution is -0.119. The maximum atomic E-state index is 12.8. The summed E-state index contributed by atoms with van der Waals surface area (Å²) in [7, 11) is 0. The van der Waals surface area contributed by atoms with Gasteiger partial charge in [0.05, 0.1) is 11.6 Å². The third kappa shape index (κ3) is 5.44. The van der Waals surface area contributed by atoms with Crippen LogP contribution in [0.1, 0.15) is 22.3 Å². The van der Waals surface area contributed by atoms with Crippen molar-refractivity contribution in [1.29, 1.82) is 0 Å². The molecule has 0 bridgehead atoms. The van der Waals surface area contributed by atoms with Crippen molar-refractivity contribution >= 4 is 57.4 Å². The molecule has 1 aromatic heterocycles. The molecule has 4 aromatic rings. The predicted molar refractivity (Wildman–Crippen MR) is 146 cm³/mol. The van der Waals surface area contributed by atoms with Gasteiger partial charge in [-0.05, 0) is 67.4 Å². The highest BCUT2D eigenvalue weighted by atomic mass is 35.5. The minimum Gasteiger partial charge on any atom is -0.359 e. The fraction of sp³-hybridized carbons (Fsp3) is 0.179. The van der Waals surface area contributed by atoms with Crippen LogP contribution in [0, 0.1) is 12.8 Å². The molecule has 37 heavy (non-hydrogen) atoms. The van der Waals surface area contributed by atoms with Crippen molar-refractivity contribution < 1.29 is 14.4 Å². The van der Waals surface area contributed by atoms with Crippen LogP contribution in [-0.4, -0.2) is 40.8 Å². The Balaban J connectivity index is 1.14. The van der Waals surface area contributed by atoms with Gasteiger partial charge >= 0.3 is 6.03 Å². The molecule has 1 atom stereocenters. The van der Waals surface area contributed by atoms with E-state index in [0.717, 1.165) is 16.5 Å². The molecule has 2 heterocycles. The maximum absolute atomic E-state index is 12.8. The van der Waals surface area contributed by atoms with Crippen molar-refractivity contribution in [2.75, 3.05) is 29.0 Å². The summed E-state index contributed by atoms with van der Waals surface area (Å²) in [5, 5.41) is 9.90. The molecular formula is C28H26ClN5O3. The summed E-state index contributed by atoms with van der Waals surface area (Å²) >= 11 is 6.07. The van der Waals surface area contributed by atoms with Crippen LogP contribution in [0.5, 0.6) is 0 Å². The van der Waals surface area contributed by atoms with Gasteiger partial charge in [-0.25, -0.2) is 4.79 Å². The Morgan fingerprint density at radius 3 is 2.43 bits per heavy atom. The summed E-state index contributed by atoms with van der Waals surface area (Å²) in [6.07, 6.45) is 2.32. The van der Waals surface area contributed by atoms with E-state index in [0.29, 0.717) is 47.2 Å². The van der Waals surface area contributed by atoms with Gasteiger partial charge in [-0.1, -0.05) is 29.8 Å². The molecule has 0 saturated carbocycles. The predicted octanol–water partition coefficient (Wildman–Crippen LogP) is 5.87. The molecule has 4 N–H and O–H groups in total. The zero-order valence-corrected chi connectivity index (χ0v) is 20.9. The van der Waals surface area contributed by atoms with Crippen molar-refractivity contribution in [1.82, 2.24) is 9.88 Å². The van der Waals surface area contributed by atoms with Crippen molar-refractivity contribution in [2.45, 2.75) is 13.3 Å². The molecule has 188 valence electrons. The number of amides is 4. The molecule has 1 unspecified atom stereocenters. The fourth-order valence-corrected chi connectivity index (χ4v) is 4.68. The fourth-order valence-electron chi connectivity index (χ4n) is 4.50. The molecule has 0 spiro atoms. The van der Waals surface area contributed by atoms with Gasteiger partial charge in [0.15, 0.2) is 0 Å². The first kappa shape index (κ1) is 24.4. The van der Waals surface area contributed by atoms with Crippen LogP contribution in [0.4, 0.5) is 21.9 Å². The highest BCUT2D eigenvalue weighted by molar-refractivity contribution is 6.31. The first-order valence-electron chi connectivity index (χ1n) is 12.0. The van der Waals surface area contributed by atoms with Crippen LogP contribution in [0.2, 0.25) is 5.02 Å². The SMILES string of the molecule is Cc1ccccc1C(=O)N1CCC(C(=O)Nc2ccc(NC(=O)Nc3c[nH]c4ccc(Cl)cc34)cc2)C1. The molecule has 1 fully saturated rings. The summed E-state index contributed by atoms with van der Waals surface area (Å²) < 4.78 is 0. The average molecular weight is 516 g/mol. The first-order valence-corrected chi connectivity index (χ1v) is 12.4. The Morgan fingerprint density at radius 1 is 0.946 bits per heavy atom. The number of likely N-dealkylation sites (tertiary alicyclic amines) is 1. The third-order valence-corrected chi connectivity index (χ3v) is 6.76. The topological polar surface area (TPSA) is 106 Å². The average Bonchev–Trinajstić information content (AvgIpc) is 3.53. The Hall–Kier alpha value is -4.30. The van der Waals surface area contributed by atoms with Gasteiger partial charge in [0.2, 0.25) is 5.91 Å². The monoisotopic (exact) mass is 515 g/mol. The molecule has 3 aromatic carbocycles. The molecule has 1 saturated heterocycles. The van der Waals surface area contributed by atoms with E-state index >= 15 is 0 Å². The van der Waals surface area contributed by atoms with Gasteiger partial charge in [0.1, 0.15) is 0 Å². The molecular weight excluding hydrogens is 490 g/mol. The van der Waals surface area contributed by atoms with Gasteiger partial charge in [0.25, 0.3) is 5.91 Å². The van der Waals surface area contributed by atoms with Crippen LogP contribution in [0.25, 0.3) is 10.9 Å². The van der Waals surface area contributed by atoms with E-state index in [9.17, 15) is 14.4 Å². The Morgan fingerprint density at radius 2 is 1.68 bits per heavy atom. The van der Waals surface area contributed by atoms with E-state index in [1.165, 1.54) is 0 Å². The lowest BCUT2D eigenvalue weighted by Gasteiger charge is -2.18. The van der Waals surface area contributed by atoms with Crippen LogP contribution < -0.4 is 16.0 Å². The zero-order chi connectivity index (χ0) is 25.9. The second kappa shape index (κ2) is 10.4. The number of hydrogen-bond acceptors (Lipinski definition) is 3. The number of benzene rings is 3. The first-order chi connectivity index (χ1) is 17.9. The largest absolute Gasteiger partial charge is 0.359 e. The Kier molecular flexibility index (Phi) is 6.83. The quantitative estimate of drug-likeness (QED) is 0.267. The van der Waals surface area contributed by atoms with Crippen molar-refractivity contribution in [3.05, 3.63) is 89.1 Å². The van der Waals surface area contributed by atoms with E-state index in [4.69, 9.17) is 11.6 Å². The minimum atomic E-state index is -0.401. The smallest absolute Gasteiger partial charge is 0.323 e. The van der Waals surface area contributed by atoms with Crippen LogP contribution in [-0.2, 0) is 4.79 Å². The van der Waals surface area contributed by atoms with Crippen molar-refractivity contribution in [2.24, 2.45) is 5.92 Å². The van der Waals surface area contributed by atoms with E-state index in [2.05, 4.69) is 20.9 Å². The second-order valence-corrected chi connectivity index (χ2v) is 9.53. The number of H-pyrrole nitrogens is 1. The number of urea groups is 1. The summed E-state index contributed by atoms with van der Waals surface area (Å²) in [5.41, 5.74) is 4.27.